The van der Waals surface area contributed by atoms with Crippen molar-refractivity contribution in [2.75, 3.05) is 18.9 Å². The van der Waals surface area contributed by atoms with E-state index in [2.05, 4.69) is 5.32 Å². The molecule has 20 heavy (non-hydrogen) atoms. The fraction of sp³-hybridized carbons (Fsp3) is 0.400. The standard InChI is InChI=1S/C15H18N2O3/c1-9(10-4-5-19-8-10)17-15(18)14-7-11-6-12(16)2-3-13(11)20-14/h2-3,6-7,9-10H,4-5,8,16H2,1H3,(H,17,18). The zero-order valence-corrected chi connectivity index (χ0v) is 11.4. The Hall–Kier alpha value is -2.01. The summed E-state index contributed by atoms with van der Waals surface area (Å²) in [6, 6.07) is 7.12. The van der Waals surface area contributed by atoms with Crippen molar-refractivity contribution in [2.45, 2.75) is 19.4 Å². The molecule has 0 bridgehead atoms. The molecule has 5 heteroatoms. The number of nitrogens with one attached hydrogen (secondary N) is 1. The molecule has 1 amide bonds. The molecule has 1 aromatic heterocycles. The van der Waals surface area contributed by atoms with Crippen LogP contribution in [0.4, 0.5) is 5.69 Å². The molecule has 2 aromatic rings. The van der Waals surface area contributed by atoms with Crippen molar-refractivity contribution in [2.24, 2.45) is 5.92 Å². The minimum absolute atomic E-state index is 0.0725. The number of hydrogen-bond donors (Lipinski definition) is 2. The maximum absolute atomic E-state index is 12.2. The van der Waals surface area contributed by atoms with Crippen LogP contribution in [0.3, 0.4) is 0 Å². The van der Waals surface area contributed by atoms with Gasteiger partial charge in [0.05, 0.1) is 6.61 Å². The van der Waals surface area contributed by atoms with Gasteiger partial charge in [0.25, 0.3) is 5.91 Å². The molecule has 1 aromatic carbocycles. The number of ether oxygens (including phenoxy) is 1. The van der Waals surface area contributed by atoms with Crippen molar-refractivity contribution in [1.29, 1.82) is 0 Å². The minimum Gasteiger partial charge on any atom is -0.451 e. The number of nitrogens with two attached hydrogens (primary N) is 1. The molecule has 2 atom stereocenters. The van der Waals surface area contributed by atoms with E-state index in [1.54, 1.807) is 24.3 Å². The number of amides is 1. The lowest BCUT2D eigenvalue weighted by atomic mass is 10.0. The van der Waals surface area contributed by atoms with E-state index in [-0.39, 0.29) is 11.9 Å². The summed E-state index contributed by atoms with van der Waals surface area (Å²) in [4.78, 5) is 12.2. The predicted octanol–water partition coefficient (Wildman–Crippen LogP) is 2.17. The number of furan rings is 1. The summed E-state index contributed by atoms with van der Waals surface area (Å²) in [5.41, 5.74) is 7.04. The monoisotopic (exact) mass is 274 g/mol. The second-order valence-electron chi connectivity index (χ2n) is 5.29. The SMILES string of the molecule is CC(NC(=O)c1cc2cc(N)ccc2o1)C1CCOC1. The van der Waals surface area contributed by atoms with Gasteiger partial charge in [0, 0.05) is 29.6 Å². The molecule has 2 heterocycles. The molecule has 3 rings (SSSR count). The number of fused-ring (bicyclic) bond motifs is 1. The van der Waals surface area contributed by atoms with Gasteiger partial charge in [-0.25, -0.2) is 0 Å². The molecule has 1 aliphatic heterocycles. The van der Waals surface area contributed by atoms with Crippen LogP contribution in [0.15, 0.2) is 28.7 Å². The molecular weight excluding hydrogens is 256 g/mol. The Morgan fingerprint density at radius 3 is 3.05 bits per heavy atom. The third-order valence-electron chi connectivity index (χ3n) is 3.79. The van der Waals surface area contributed by atoms with E-state index in [1.165, 1.54) is 0 Å². The lowest BCUT2D eigenvalue weighted by Gasteiger charge is -2.18. The zero-order valence-electron chi connectivity index (χ0n) is 11.4. The average molecular weight is 274 g/mol. The highest BCUT2D eigenvalue weighted by Gasteiger charge is 2.24. The summed E-state index contributed by atoms with van der Waals surface area (Å²) >= 11 is 0. The first-order chi connectivity index (χ1) is 9.63. The average Bonchev–Trinajstić information content (AvgIpc) is 3.07. The minimum atomic E-state index is -0.195. The fourth-order valence-electron chi connectivity index (χ4n) is 2.52. The van der Waals surface area contributed by atoms with Gasteiger partial charge in [-0.05, 0) is 37.6 Å². The Morgan fingerprint density at radius 2 is 2.30 bits per heavy atom. The summed E-state index contributed by atoms with van der Waals surface area (Å²) in [5.74, 6) is 0.495. The lowest BCUT2D eigenvalue weighted by molar-refractivity contribution is 0.0896. The van der Waals surface area contributed by atoms with Crippen molar-refractivity contribution in [3.05, 3.63) is 30.0 Å². The molecule has 1 aliphatic rings. The molecule has 3 N–H and O–H groups in total. The van der Waals surface area contributed by atoms with Gasteiger partial charge in [-0.2, -0.15) is 0 Å². The van der Waals surface area contributed by atoms with E-state index in [1.807, 2.05) is 6.92 Å². The maximum Gasteiger partial charge on any atom is 0.287 e. The summed E-state index contributed by atoms with van der Waals surface area (Å²) in [6.45, 7) is 3.48. The van der Waals surface area contributed by atoms with Crippen LogP contribution < -0.4 is 11.1 Å². The van der Waals surface area contributed by atoms with Crippen molar-refractivity contribution in [3.63, 3.8) is 0 Å². The van der Waals surface area contributed by atoms with E-state index >= 15 is 0 Å². The van der Waals surface area contributed by atoms with Crippen LogP contribution in [0.1, 0.15) is 23.9 Å². The third kappa shape index (κ3) is 2.49. The highest BCUT2D eigenvalue weighted by atomic mass is 16.5. The first kappa shape index (κ1) is 13.0. The lowest BCUT2D eigenvalue weighted by Crippen LogP contribution is -2.38. The quantitative estimate of drug-likeness (QED) is 0.841. The molecule has 0 saturated carbocycles. The van der Waals surface area contributed by atoms with E-state index in [0.717, 1.165) is 18.4 Å². The van der Waals surface area contributed by atoms with E-state index in [0.29, 0.717) is 29.6 Å². The molecular formula is C15H18N2O3. The highest BCUT2D eigenvalue weighted by Crippen LogP contribution is 2.22. The number of rotatable bonds is 3. The topological polar surface area (TPSA) is 77.5 Å². The Kier molecular flexibility index (Phi) is 3.36. The van der Waals surface area contributed by atoms with Crippen molar-refractivity contribution < 1.29 is 13.9 Å². The molecule has 0 spiro atoms. The van der Waals surface area contributed by atoms with Crippen LogP contribution in [0.5, 0.6) is 0 Å². The third-order valence-corrected chi connectivity index (χ3v) is 3.79. The fourth-order valence-corrected chi connectivity index (χ4v) is 2.52. The number of benzene rings is 1. The van der Waals surface area contributed by atoms with Crippen LogP contribution in [0, 0.1) is 5.92 Å². The zero-order chi connectivity index (χ0) is 14.1. The molecule has 106 valence electrons. The molecule has 5 nitrogen and oxygen atoms in total. The normalized spacial score (nSPS) is 20.1. The molecule has 0 aliphatic carbocycles. The number of hydrogen-bond acceptors (Lipinski definition) is 4. The summed E-state index contributed by atoms with van der Waals surface area (Å²) in [7, 11) is 0. The van der Waals surface area contributed by atoms with E-state index in [4.69, 9.17) is 14.9 Å². The summed E-state index contributed by atoms with van der Waals surface area (Å²) in [6.07, 6.45) is 0.984. The van der Waals surface area contributed by atoms with Gasteiger partial charge in [0.2, 0.25) is 0 Å². The molecule has 2 unspecified atom stereocenters. The van der Waals surface area contributed by atoms with Gasteiger partial charge in [-0.15, -0.1) is 0 Å². The summed E-state index contributed by atoms with van der Waals surface area (Å²) < 4.78 is 10.9. The largest absolute Gasteiger partial charge is 0.451 e. The molecule has 1 saturated heterocycles. The van der Waals surface area contributed by atoms with Gasteiger partial charge < -0.3 is 20.2 Å². The summed E-state index contributed by atoms with van der Waals surface area (Å²) in [5, 5.41) is 3.81. The number of anilines is 1. The van der Waals surface area contributed by atoms with Crippen molar-refractivity contribution >= 4 is 22.6 Å². The Bertz CT molecular complexity index is 629. The first-order valence-corrected chi connectivity index (χ1v) is 6.81. The maximum atomic E-state index is 12.2. The van der Waals surface area contributed by atoms with E-state index in [9.17, 15) is 4.79 Å². The van der Waals surface area contributed by atoms with Crippen LogP contribution in [0.25, 0.3) is 11.0 Å². The predicted molar refractivity (Wildman–Crippen MR) is 76.5 cm³/mol. The van der Waals surface area contributed by atoms with Crippen LogP contribution in [0.2, 0.25) is 0 Å². The van der Waals surface area contributed by atoms with Crippen molar-refractivity contribution in [1.82, 2.24) is 5.32 Å². The van der Waals surface area contributed by atoms with Crippen LogP contribution in [-0.4, -0.2) is 25.2 Å². The van der Waals surface area contributed by atoms with E-state index < -0.39 is 0 Å². The second kappa shape index (κ2) is 5.17. The van der Waals surface area contributed by atoms with Crippen LogP contribution in [-0.2, 0) is 4.74 Å². The Labute approximate surface area is 117 Å². The number of carbonyl (C=O) groups excluding carboxylic acids is 1. The molecule has 1 fully saturated rings. The first-order valence-electron chi connectivity index (χ1n) is 6.81. The number of carbonyl (C=O) groups is 1. The highest BCUT2D eigenvalue weighted by molar-refractivity contribution is 5.96. The Morgan fingerprint density at radius 1 is 1.45 bits per heavy atom. The van der Waals surface area contributed by atoms with Crippen molar-refractivity contribution in [3.8, 4) is 0 Å². The van der Waals surface area contributed by atoms with Crippen LogP contribution >= 0.6 is 0 Å². The second-order valence-corrected chi connectivity index (χ2v) is 5.29. The van der Waals surface area contributed by atoms with Gasteiger partial charge in [-0.3, -0.25) is 4.79 Å². The Balaban J connectivity index is 1.74. The van der Waals surface area contributed by atoms with Gasteiger partial charge in [0.15, 0.2) is 5.76 Å². The van der Waals surface area contributed by atoms with Gasteiger partial charge in [-0.1, -0.05) is 0 Å². The smallest absolute Gasteiger partial charge is 0.287 e. The van der Waals surface area contributed by atoms with Gasteiger partial charge in [0.1, 0.15) is 5.58 Å². The van der Waals surface area contributed by atoms with Gasteiger partial charge >= 0.3 is 0 Å². The molecule has 0 radical (unpaired) electrons. The number of nitrogen functional groups attached to an aromatic ring is 1.